The van der Waals surface area contributed by atoms with Crippen LogP contribution in [0.1, 0.15) is 124 Å². The number of carbonyl (C=O) groups excluding carboxylic acids is 1. The second kappa shape index (κ2) is 19.5. The van der Waals surface area contributed by atoms with E-state index in [9.17, 15) is 13.2 Å². The van der Waals surface area contributed by atoms with Gasteiger partial charge in [-0.3, -0.25) is 9.52 Å². The highest BCUT2D eigenvalue weighted by Gasteiger charge is 2.25. The molecule has 1 N–H and O–H groups in total. The first kappa shape index (κ1) is 37.3. The Balaban J connectivity index is 2.29. The van der Waals surface area contributed by atoms with Crippen molar-refractivity contribution < 1.29 is 22.4 Å². The van der Waals surface area contributed by atoms with Gasteiger partial charge >= 0.3 is 0 Å². The van der Waals surface area contributed by atoms with Crippen molar-refractivity contribution in [2.24, 2.45) is 0 Å². The van der Waals surface area contributed by atoms with Crippen molar-refractivity contribution in [2.75, 3.05) is 32.5 Å². The number of furan rings is 1. The number of ether oxygens (including phenoxy) is 1. The molecular formula is C36H56N2O5S. The Bertz CT molecular complexity index is 1320. The number of rotatable bonds is 23. The van der Waals surface area contributed by atoms with E-state index in [1.807, 2.05) is 25.1 Å². The van der Waals surface area contributed by atoms with Gasteiger partial charge in [0.05, 0.1) is 18.4 Å². The maximum Gasteiger partial charge on any atom is 0.229 e. The zero-order chi connectivity index (χ0) is 32.5. The molecule has 7 nitrogen and oxygen atoms in total. The zero-order valence-electron chi connectivity index (χ0n) is 28.1. The van der Waals surface area contributed by atoms with Gasteiger partial charge < -0.3 is 14.1 Å². The standard InChI is InChI=1S/C36H56N2O5S/c1-8-12-17-30-27-31(42-26-16-25-38(23-14-10-3)24-15-11-4)20-21-32(30)36(39)35-29(6)33(43-34(35)18-13-9-2)22-19-28(5)37-44(7,40)41/h19-22,27,37H,5,8-18,23-26H2,1-4,6-7H3. The van der Waals surface area contributed by atoms with Crippen LogP contribution in [0.15, 0.2) is 41.0 Å². The lowest BCUT2D eigenvalue weighted by Gasteiger charge is -2.22. The van der Waals surface area contributed by atoms with Gasteiger partial charge in [0, 0.05) is 29.8 Å². The fourth-order valence-electron chi connectivity index (χ4n) is 5.18. The van der Waals surface area contributed by atoms with E-state index in [1.165, 1.54) is 25.7 Å². The molecule has 0 spiro atoms. The Morgan fingerprint density at radius 2 is 1.57 bits per heavy atom. The van der Waals surface area contributed by atoms with Gasteiger partial charge in [0.25, 0.3) is 0 Å². The third kappa shape index (κ3) is 12.6. The Hall–Kier alpha value is -2.84. The van der Waals surface area contributed by atoms with Crippen LogP contribution in [0.4, 0.5) is 0 Å². The maximum atomic E-state index is 14.2. The molecule has 1 aromatic carbocycles. The third-order valence-electron chi connectivity index (χ3n) is 7.66. The molecule has 0 aliphatic carbocycles. The Morgan fingerprint density at radius 1 is 0.955 bits per heavy atom. The number of hydrogen-bond donors (Lipinski definition) is 1. The van der Waals surface area contributed by atoms with Gasteiger partial charge in [-0.1, -0.05) is 60.0 Å². The number of allylic oxidation sites excluding steroid dienone is 1. The number of benzene rings is 1. The molecular weight excluding hydrogens is 572 g/mol. The van der Waals surface area contributed by atoms with Gasteiger partial charge in [-0.15, -0.1) is 0 Å². The molecule has 0 aliphatic rings. The molecule has 246 valence electrons. The number of nitrogens with zero attached hydrogens (tertiary/aromatic N) is 1. The van der Waals surface area contributed by atoms with E-state index in [-0.39, 0.29) is 11.5 Å². The van der Waals surface area contributed by atoms with E-state index in [0.29, 0.717) is 35.7 Å². The highest BCUT2D eigenvalue weighted by atomic mass is 32.2. The summed E-state index contributed by atoms with van der Waals surface area (Å²) >= 11 is 0. The van der Waals surface area contributed by atoms with Gasteiger partial charge in [-0.2, -0.15) is 0 Å². The predicted molar refractivity (Wildman–Crippen MR) is 183 cm³/mol. The fourth-order valence-corrected chi connectivity index (χ4v) is 5.72. The van der Waals surface area contributed by atoms with E-state index in [2.05, 4.69) is 43.9 Å². The SMILES string of the molecule is C=C(C=Cc1oc(CCCC)c(C(=O)c2ccc(OCCCN(CCCC)CCCC)cc2CCCC)c1C)NS(C)(=O)=O. The van der Waals surface area contributed by atoms with E-state index in [0.717, 1.165) is 81.3 Å². The fraction of sp³-hybridized carbons (Fsp3) is 0.583. The zero-order valence-corrected chi connectivity index (χ0v) is 28.9. The number of sulfonamides is 1. The normalized spacial score (nSPS) is 11.9. The van der Waals surface area contributed by atoms with Crippen LogP contribution in [0, 0.1) is 6.92 Å². The minimum atomic E-state index is -3.44. The van der Waals surface area contributed by atoms with E-state index in [4.69, 9.17) is 9.15 Å². The van der Waals surface area contributed by atoms with Crippen LogP contribution in [0.3, 0.4) is 0 Å². The number of carbonyl (C=O) groups is 1. The Morgan fingerprint density at radius 3 is 2.18 bits per heavy atom. The van der Waals surface area contributed by atoms with Crippen molar-refractivity contribution in [3.05, 3.63) is 70.3 Å². The summed E-state index contributed by atoms with van der Waals surface area (Å²) in [6.07, 6.45) is 15.4. The quantitative estimate of drug-likeness (QED) is 0.0757. The second-order valence-electron chi connectivity index (χ2n) is 11.7. The van der Waals surface area contributed by atoms with Gasteiger partial charge in [-0.05, 0) is 94.5 Å². The summed E-state index contributed by atoms with van der Waals surface area (Å²) < 4.78 is 37.9. The first-order valence-corrected chi connectivity index (χ1v) is 18.4. The van der Waals surface area contributed by atoms with Gasteiger partial charge in [0.1, 0.15) is 17.3 Å². The number of aryl methyl sites for hydroxylation is 2. The molecule has 8 heteroatoms. The molecule has 0 atom stereocenters. The molecule has 0 bridgehead atoms. The van der Waals surface area contributed by atoms with Crippen LogP contribution < -0.4 is 9.46 Å². The maximum absolute atomic E-state index is 14.2. The summed E-state index contributed by atoms with van der Waals surface area (Å²) in [4.78, 5) is 16.7. The number of unbranched alkanes of at least 4 members (excludes halogenated alkanes) is 4. The van der Waals surface area contributed by atoms with Crippen molar-refractivity contribution in [1.29, 1.82) is 0 Å². The molecule has 0 amide bonds. The summed E-state index contributed by atoms with van der Waals surface area (Å²) in [7, 11) is -3.44. The lowest BCUT2D eigenvalue weighted by Crippen LogP contribution is -2.28. The number of ketones is 1. The lowest BCUT2D eigenvalue weighted by atomic mass is 9.92. The molecule has 1 aromatic heterocycles. The molecule has 0 unspecified atom stereocenters. The van der Waals surface area contributed by atoms with Crippen LogP contribution in [-0.2, 0) is 22.9 Å². The summed E-state index contributed by atoms with van der Waals surface area (Å²) in [5, 5.41) is 0. The summed E-state index contributed by atoms with van der Waals surface area (Å²) in [5.41, 5.74) is 3.22. The van der Waals surface area contributed by atoms with Crippen molar-refractivity contribution >= 4 is 21.9 Å². The van der Waals surface area contributed by atoms with Crippen molar-refractivity contribution in [3.63, 3.8) is 0 Å². The minimum absolute atomic E-state index is 0.0507. The van der Waals surface area contributed by atoms with E-state index < -0.39 is 10.0 Å². The molecule has 2 aromatic rings. The van der Waals surface area contributed by atoms with Crippen molar-refractivity contribution in [2.45, 2.75) is 105 Å². The lowest BCUT2D eigenvalue weighted by molar-refractivity contribution is 0.103. The third-order valence-corrected chi connectivity index (χ3v) is 8.29. The first-order chi connectivity index (χ1) is 21.0. The van der Waals surface area contributed by atoms with Crippen LogP contribution >= 0.6 is 0 Å². The second-order valence-corrected chi connectivity index (χ2v) is 13.5. The summed E-state index contributed by atoms with van der Waals surface area (Å²) in [6, 6.07) is 5.86. The van der Waals surface area contributed by atoms with Crippen LogP contribution in [0.5, 0.6) is 5.75 Å². The summed E-state index contributed by atoms with van der Waals surface area (Å²) in [6.45, 7) is 18.3. The van der Waals surface area contributed by atoms with Gasteiger partial charge in [0.15, 0.2) is 5.78 Å². The van der Waals surface area contributed by atoms with Gasteiger partial charge in [0.2, 0.25) is 10.0 Å². The molecule has 0 saturated heterocycles. The largest absolute Gasteiger partial charge is 0.494 e. The molecule has 0 radical (unpaired) electrons. The van der Waals surface area contributed by atoms with E-state index >= 15 is 0 Å². The van der Waals surface area contributed by atoms with Crippen LogP contribution in [0.2, 0.25) is 0 Å². The molecule has 0 aliphatic heterocycles. The summed E-state index contributed by atoms with van der Waals surface area (Å²) in [5.74, 6) is 1.94. The molecule has 0 saturated carbocycles. The van der Waals surface area contributed by atoms with Crippen LogP contribution in [-0.4, -0.2) is 51.6 Å². The smallest absolute Gasteiger partial charge is 0.229 e. The Labute approximate surface area is 267 Å². The number of hydrogen-bond acceptors (Lipinski definition) is 6. The van der Waals surface area contributed by atoms with Gasteiger partial charge in [-0.25, -0.2) is 8.42 Å². The van der Waals surface area contributed by atoms with Crippen molar-refractivity contribution in [1.82, 2.24) is 9.62 Å². The average Bonchev–Trinajstić information content (AvgIpc) is 3.30. The average molecular weight is 629 g/mol. The first-order valence-electron chi connectivity index (χ1n) is 16.5. The minimum Gasteiger partial charge on any atom is -0.494 e. The molecule has 1 heterocycles. The topological polar surface area (TPSA) is 88.8 Å². The van der Waals surface area contributed by atoms with Crippen LogP contribution in [0.25, 0.3) is 6.08 Å². The molecule has 2 rings (SSSR count). The Kier molecular flexibility index (Phi) is 16.6. The predicted octanol–water partition coefficient (Wildman–Crippen LogP) is 8.25. The van der Waals surface area contributed by atoms with E-state index in [1.54, 1.807) is 12.2 Å². The molecule has 0 fully saturated rings. The molecule has 44 heavy (non-hydrogen) atoms. The number of nitrogens with one attached hydrogen (secondary N) is 1. The monoisotopic (exact) mass is 628 g/mol. The highest BCUT2D eigenvalue weighted by molar-refractivity contribution is 7.88. The van der Waals surface area contributed by atoms with Crippen molar-refractivity contribution in [3.8, 4) is 5.75 Å². The highest BCUT2D eigenvalue weighted by Crippen LogP contribution is 2.30.